The van der Waals surface area contributed by atoms with Crippen LogP contribution in [0.3, 0.4) is 0 Å². The molecule has 3 aliphatic rings. The van der Waals surface area contributed by atoms with E-state index in [0.717, 1.165) is 4.88 Å². The van der Waals surface area contributed by atoms with E-state index >= 15 is 0 Å². The lowest BCUT2D eigenvalue weighted by Gasteiger charge is -2.34. The number of rotatable bonds is 4. The van der Waals surface area contributed by atoms with Gasteiger partial charge in [0.15, 0.2) is 11.5 Å². The molecular formula is C21H23N3O6S2. The first-order valence-corrected chi connectivity index (χ1v) is 12.6. The summed E-state index contributed by atoms with van der Waals surface area (Å²) in [6.07, 6.45) is 0.139. The molecule has 5 rings (SSSR count). The van der Waals surface area contributed by atoms with Crippen molar-refractivity contribution in [3.8, 4) is 11.5 Å². The third-order valence-electron chi connectivity index (χ3n) is 6.00. The normalized spacial score (nSPS) is 21.4. The van der Waals surface area contributed by atoms with Gasteiger partial charge in [0, 0.05) is 55.8 Å². The lowest BCUT2D eigenvalue weighted by molar-refractivity contribution is -0.136. The van der Waals surface area contributed by atoms with Crippen LogP contribution in [0, 0.1) is 12.8 Å². The number of carbonyl (C=O) groups excluding carboxylic acids is 2. The molecule has 4 heterocycles. The number of piperazine rings is 1. The second kappa shape index (κ2) is 8.05. The SMILES string of the molecule is Cc1ccc(S(=O)(=O)N2CCN(C(=O)C3CC(=O)N(c4ccc5c(c4)OCO5)C3)CC2)s1. The number of carbonyl (C=O) groups is 2. The minimum atomic E-state index is -3.54. The highest BCUT2D eigenvalue weighted by atomic mass is 32.2. The van der Waals surface area contributed by atoms with Gasteiger partial charge in [-0.1, -0.05) is 0 Å². The molecular weight excluding hydrogens is 454 g/mol. The maximum absolute atomic E-state index is 13.1. The van der Waals surface area contributed by atoms with Crippen LogP contribution in [-0.4, -0.2) is 69.0 Å². The fraction of sp³-hybridized carbons (Fsp3) is 0.429. The van der Waals surface area contributed by atoms with Crippen LogP contribution in [0.25, 0.3) is 0 Å². The molecule has 0 bridgehead atoms. The van der Waals surface area contributed by atoms with Crippen LogP contribution in [0.4, 0.5) is 5.69 Å². The minimum Gasteiger partial charge on any atom is -0.454 e. The first-order chi connectivity index (χ1) is 15.3. The zero-order valence-electron chi connectivity index (χ0n) is 17.5. The van der Waals surface area contributed by atoms with E-state index < -0.39 is 15.9 Å². The zero-order chi connectivity index (χ0) is 22.5. The Morgan fingerprint density at radius 3 is 2.53 bits per heavy atom. The third-order valence-corrected chi connectivity index (χ3v) is 9.37. The van der Waals surface area contributed by atoms with E-state index in [1.54, 1.807) is 40.1 Å². The quantitative estimate of drug-likeness (QED) is 0.665. The second-order valence-corrected chi connectivity index (χ2v) is 11.5. The van der Waals surface area contributed by atoms with Gasteiger partial charge < -0.3 is 19.3 Å². The molecule has 1 unspecified atom stereocenters. The number of hydrogen-bond donors (Lipinski definition) is 0. The fourth-order valence-electron chi connectivity index (χ4n) is 4.26. The van der Waals surface area contributed by atoms with E-state index in [4.69, 9.17) is 9.47 Å². The van der Waals surface area contributed by atoms with E-state index in [1.165, 1.54) is 15.6 Å². The van der Waals surface area contributed by atoms with E-state index in [-0.39, 0.29) is 38.1 Å². The Bertz CT molecular complexity index is 1170. The topological polar surface area (TPSA) is 96.5 Å². The summed E-state index contributed by atoms with van der Waals surface area (Å²) in [7, 11) is -3.54. The van der Waals surface area contributed by atoms with Crippen LogP contribution in [-0.2, 0) is 19.6 Å². The number of anilines is 1. The number of sulfonamides is 1. The number of hydrogen-bond acceptors (Lipinski definition) is 7. The molecule has 1 aromatic carbocycles. The monoisotopic (exact) mass is 477 g/mol. The number of aryl methyl sites for hydroxylation is 1. The molecule has 2 amide bonds. The average Bonchev–Trinajstić information content (AvgIpc) is 3.52. The van der Waals surface area contributed by atoms with Crippen molar-refractivity contribution in [3.63, 3.8) is 0 Å². The number of thiophene rings is 1. The van der Waals surface area contributed by atoms with Crippen molar-refractivity contribution in [3.05, 3.63) is 35.2 Å². The predicted octanol–water partition coefficient (Wildman–Crippen LogP) is 1.67. The van der Waals surface area contributed by atoms with Crippen LogP contribution in [0.1, 0.15) is 11.3 Å². The van der Waals surface area contributed by atoms with Gasteiger partial charge in [-0.25, -0.2) is 8.42 Å². The molecule has 1 atom stereocenters. The molecule has 11 heteroatoms. The Morgan fingerprint density at radius 1 is 1.06 bits per heavy atom. The van der Waals surface area contributed by atoms with Crippen LogP contribution >= 0.6 is 11.3 Å². The molecule has 2 fully saturated rings. The first kappa shape index (κ1) is 21.2. The molecule has 0 spiro atoms. The lowest BCUT2D eigenvalue weighted by atomic mass is 10.1. The van der Waals surface area contributed by atoms with Gasteiger partial charge in [-0.15, -0.1) is 11.3 Å². The van der Waals surface area contributed by atoms with Crippen molar-refractivity contribution in [1.29, 1.82) is 0 Å². The molecule has 0 radical (unpaired) electrons. The largest absolute Gasteiger partial charge is 0.454 e. The van der Waals surface area contributed by atoms with Crippen LogP contribution < -0.4 is 14.4 Å². The number of fused-ring (bicyclic) bond motifs is 1. The van der Waals surface area contributed by atoms with Crippen LogP contribution in [0.15, 0.2) is 34.5 Å². The van der Waals surface area contributed by atoms with Gasteiger partial charge in [0.05, 0.1) is 5.92 Å². The van der Waals surface area contributed by atoms with Crippen molar-refractivity contribution in [2.45, 2.75) is 17.6 Å². The highest BCUT2D eigenvalue weighted by Crippen LogP contribution is 2.37. The van der Waals surface area contributed by atoms with E-state index in [9.17, 15) is 18.0 Å². The number of benzene rings is 1. The van der Waals surface area contributed by atoms with Crippen LogP contribution in [0.2, 0.25) is 0 Å². The number of amides is 2. The van der Waals surface area contributed by atoms with E-state index in [0.29, 0.717) is 41.0 Å². The van der Waals surface area contributed by atoms with Crippen molar-refractivity contribution in [2.24, 2.45) is 5.92 Å². The van der Waals surface area contributed by atoms with Crippen molar-refractivity contribution in [1.82, 2.24) is 9.21 Å². The summed E-state index contributed by atoms with van der Waals surface area (Å²) in [5.74, 6) is 0.556. The molecule has 2 aromatic rings. The maximum Gasteiger partial charge on any atom is 0.252 e. The molecule has 0 saturated carbocycles. The van der Waals surface area contributed by atoms with Gasteiger partial charge in [-0.3, -0.25) is 9.59 Å². The standard InChI is InChI=1S/C21H23N3O6S2/c1-14-2-5-20(31-14)32(27,28)23-8-6-22(7-9-23)21(26)15-10-19(25)24(12-15)16-3-4-17-18(11-16)30-13-29-17/h2-5,11,15H,6-10,12-13H2,1H3. The highest BCUT2D eigenvalue weighted by Gasteiger charge is 2.39. The molecule has 0 aliphatic carbocycles. The van der Waals surface area contributed by atoms with E-state index in [2.05, 4.69) is 0 Å². The summed E-state index contributed by atoms with van der Waals surface area (Å²) in [6, 6.07) is 8.72. The summed E-state index contributed by atoms with van der Waals surface area (Å²) in [5, 5.41) is 0. The van der Waals surface area contributed by atoms with Gasteiger partial charge >= 0.3 is 0 Å². The van der Waals surface area contributed by atoms with Gasteiger partial charge in [-0.2, -0.15) is 4.31 Å². The zero-order valence-corrected chi connectivity index (χ0v) is 19.2. The highest BCUT2D eigenvalue weighted by molar-refractivity contribution is 7.91. The summed E-state index contributed by atoms with van der Waals surface area (Å²) < 4.78 is 38.1. The van der Waals surface area contributed by atoms with Gasteiger partial charge in [0.2, 0.25) is 18.6 Å². The summed E-state index contributed by atoms with van der Waals surface area (Å²) in [4.78, 5) is 29.9. The smallest absolute Gasteiger partial charge is 0.252 e. The molecule has 3 aliphatic heterocycles. The minimum absolute atomic E-state index is 0.106. The summed E-state index contributed by atoms with van der Waals surface area (Å²) in [6.45, 7) is 3.45. The predicted molar refractivity (Wildman–Crippen MR) is 117 cm³/mol. The van der Waals surface area contributed by atoms with E-state index in [1.807, 2.05) is 6.92 Å². The molecule has 2 saturated heterocycles. The fourth-order valence-corrected chi connectivity index (χ4v) is 7.12. The van der Waals surface area contributed by atoms with Crippen molar-refractivity contribution >= 4 is 38.9 Å². The lowest BCUT2D eigenvalue weighted by Crippen LogP contribution is -2.52. The molecule has 0 N–H and O–H groups in total. The molecule has 1 aromatic heterocycles. The summed E-state index contributed by atoms with van der Waals surface area (Å²) >= 11 is 1.25. The Kier molecular flexibility index (Phi) is 5.34. The Labute approximate surface area is 190 Å². The first-order valence-electron chi connectivity index (χ1n) is 10.4. The molecule has 9 nitrogen and oxygen atoms in total. The Morgan fingerprint density at radius 2 is 1.81 bits per heavy atom. The second-order valence-electron chi connectivity index (χ2n) is 8.04. The number of nitrogens with zero attached hydrogens (tertiary/aromatic N) is 3. The van der Waals surface area contributed by atoms with Gasteiger partial charge in [0.1, 0.15) is 4.21 Å². The summed E-state index contributed by atoms with van der Waals surface area (Å²) in [5.41, 5.74) is 0.678. The molecule has 170 valence electrons. The Hall–Kier alpha value is -2.63. The van der Waals surface area contributed by atoms with Crippen LogP contribution in [0.5, 0.6) is 11.5 Å². The van der Waals surface area contributed by atoms with Crippen molar-refractivity contribution < 1.29 is 27.5 Å². The molecule has 32 heavy (non-hydrogen) atoms. The maximum atomic E-state index is 13.1. The third kappa shape index (κ3) is 3.74. The van der Waals surface area contributed by atoms with Crippen molar-refractivity contribution in [2.75, 3.05) is 44.4 Å². The van der Waals surface area contributed by atoms with Gasteiger partial charge in [-0.05, 0) is 31.2 Å². The Balaban J connectivity index is 1.22. The number of ether oxygens (including phenoxy) is 2. The average molecular weight is 478 g/mol. The van der Waals surface area contributed by atoms with Gasteiger partial charge in [0.25, 0.3) is 10.0 Å².